The van der Waals surface area contributed by atoms with Crippen molar-refractivity contribution >= 4 is 52.7 Å². The van der Waals surface area contributed by atoms with Crippen molar-refractivity contribution in [3.63, 3.8) is 0 Å². The maximum Gasteiger partial charge on any atom is 0.242 e. The van der Waals surface area contributed by atoms with E-state index in [9.17, 15) is 12.6 Å². The zero-order valence-electron chi connectivity index (χ0n) is 10.7. The van der Waals surface area contributed by atoms with E-state index >= 15 is 0 Å². The highest BCUT2D eigenvalue weighted by molar-refractivity contribution is 9.11. The van der Waals surface area contributed by atoms with Crippen LogP contribution < -0.4 is 4.72 Å². The minimum atomic E-state index is -3.64. The fourth-order valence-corrected chi connectivity index (χ4v) is 5.36. The van der Waals surface area contributed by atoms with E-state index in [1.807, 2.05) is 6.92 Å². The average Bonchev–Trinajstić information content (AvgIpc) is 2.20. The molecule has 2 unspecified atom stereocenters. The summed E-state index contributed by atoms with van der Waals surface area (Å²) >= 11 is 6.58. The molecule has 1 aromatic carbocycles. The normalized spacial score (nSPS) is 15.2. The lowest BCUT2D eigenvalue weighted by Crippen LogP contribution is -2.36. The van der Waals surface area contributed by atoms with Crippen molar-refractivity contribution in [2.24, 2.45) is 0 Å². The largest absolute Gasteiger partial charge is 0.260 e. The fourth-order valence-electron chi connectivity index (χ4n) is 1.55. The topological polar surface area (TPSA) is 63.2 Å². The van der Waals surface area contributed by atoms with E-state index in [-0.39, 0.29) is 16.7 Å². The molecular weight excluding hydrogens is 418 g/mol. The first kappa shape index (κ1) is 17.3. The smallest absolute Gasteiger partial charge is 0.242 e. The average molecular weight is 433 g/mol. The highest BCUT2D eigenvalue weighted by Gasteiger charge is 2.21. The number of benzene rings is 1. The van der Waals surface area contributed by atoms with E-state index in [4.69, 9.17) is 0 Å². The summed E-state index contributed by atoms with van der Waals surface area (Å²) < 4.78 is 39.3. The molecule has 0 aliphatic carbocycles. The van der Waals surface area contributed by atoms with Gasteiger partial charge in [0, 0.05) is 37.8 Å². The first-order valence-electron chi connectivity index (χ1n) is 5.41. The molecule has 0 heterocycles. The molecule has 0 aromatic heterocycles. The number of hydrogen-bond donors (Lipinski definition) is 1. The third-order valence-corrected chi connectivity index (χ3v) is 6.72. The van der Waals surface area contributed by atoms with E-state index in [0.717, 1.165) is 10.0 Å². The second-order valence-electron chi connectivity index (χ2n) is 4.29. The molecule has 1 N–H and O–H groups in total. The van der Waals surface area contributed by atoms with Gasteiger partial charge in [0.2, 0.25) is 10.0 Å². The Hall–Kier alpha value is 0.240. The summed E-state index contributed by atoms with van der Waals surface area (Å²) in [6.07, 6.45) is 1.54. The molecule has 0 fully saturated rings. The minimum Gasteiger partial charge on any atom is -0.260 e. The van der Waals surface area contributed by atoms with Gasteiger partial charge in [-0.15, -0.1) is 0 Å². The molecule has 1 rings (SSSR count). The molecule has 2 atom stereocenters. The zero-order chi connectivity index (χ0) is 14.8. The molecule has 0 aliphatic rings. The lowest BCUT2D eigenvalue weighted by atomic mass is 10.2. The van der Waals surface area contributed by atoms with Crippen molar-refractivity contribution in [1.29, 1.82) is 0 Å². The van der Waals surface area contributed by atoms with Crippen LogP contribution in [0.5, 0.6) is 0 Å². The molecule has 1 aromatic rings. The van der Waals surface area contributed by atoms with E-state index < -0.39 is 20.8 Å². The Morgan fingerprint density at radius 3 is 2.42 bits per heavy atom. The van der Waals surface area contributed by atoms with Gasteiger partial charge in [0.15, 0.2) is 0 Å². The molecule has 8 heteroatoms. The molecular formula is C11H15Br2NO3S2. The summed E-state index contributed by atoms with van der Waals surface area (Å²) in [5.41, 5.74) is 0.938. The Balaban J connectivity index is 3.07. The molecule has 19 heavy (non-hydrogen) atoms. The summed E-state index contributed by atoms with van der Waals surface area (Å²) in [6, 6.07) is 2.90. The first-order valence-corrected chi connectivity index (χ1v) is 10.2. The molecule has 0 saturated carbocycles. The second-order valence-corrected chi connectivity index (χ2v) is 9.16. The van der Waals surface area contributed by atoms with Crippen LogP contribution in [-0.4, -0.2) is 30.7 Å². The number of nitrogens with one attached hydrogen (secondary N) is 1. The Labute approximate surface area is 133 Å². The minimum absolute atomic E-state index is 0.165. The molecule has 0 radical (unpaired) electrons. The summed E-state index contributed by atoms with van der Waals surface area (Å²) in [5.74, 6) is 0.282. The van der Waals surface area contributed by atoms with Gasteiger partial charge in [-0.2, -0.15) is 0 Å². The summed E-state index contributed by atoms with van der Waals surface area (Å²) in [7, 11) is -4.68. The van der Waals surface area contributed by atoms with Crippen LogP contribution in [0.3, 0.4) is 0 Å². The molecule has 0 spiro atoms. The lowest BCUT2D eigenvalue weighted by molar-refractivity contribution is 0.569. The van der Waals surface area contributed by atoms with Gasteiger partial charge in [-0.1, -0.05) is 15.9 Å². The quantitative estimate of drug-likeness (QED) is 0.777. The van der Waals surface area contributed by atoms with E-state index in [0.29, 0.717) is 4.47 Å². The maximum absolute atomic E-state index is 12.2. The second kappa shape index (κ2) is 6.80. The molecule has 4 nitrogen and oxygen atoms in total. The molecule has 0 aliphatic heterocycles. The van der Waals surface area contributed by atoms with Gasteiger partial charge in [0.25, 0.3) is 0 Å². The number of sulfonamides is 1. The Morgan fingerprint density at radius 1 is 1.32 bits per heavy atom. The van der Waals surface area contributed by atoms with Crippen molar-refractivity contribution in [2.45, 2.75) is 24.8 Å². The van der Waals surface area contributed by atoms with Crippen molar-refractivity contribution in [2.75, 3.05) is 12.0 Å². The predicted molar refractivity (Wildman–Crippen MR) is 85.3 cm³/mol. The molecule has 0 amide bonds. The van der Waals surface area contributed by atoms with Crippen molar-refractivity contribution in [1.82, 2.24) is 4.72 Å². The van der Waals surface area contributed by atoms with E-state index in [2.05, 4.69) is 36.6 Å². The van der Waals surface area contributed by atoms with E-state index in [1.165, 1.54) is 0 Å². The van der Waals surface area contributed by atoms with Crippen LogP contribution in [0, 0.1) is 6.92 Å². The van der Waals surface area contributed by atoms with Crippen LogP contribution in [0.1, 0.15) is 12.5 Å². The summed E-state index contributed by atoms with van der Waals surface area (Å²) in [4.78, 5) is 0.165. The van der Waals surface area contributed by atoms with Crippen LogP contribution >= 0.6 is 31.9 Å². The fraction of sp³-hybridized carbons (Fsp3) is 0.455. The Morgan fingerprint density at radius 2 is 1.89 bits per heavy atom. The first-order chi connectivity index (χ1) is 8.63. The third kappa shape index (κ3) is 4.93. The van der Waals surface area contributed by atoms with Gasteiger partial charge in [-0.05, 0) is 47.5 Å². The van der Waals surface area contributed by atoms with Gasteiger partial charge in [0.05, 0.1) is 4.90 Å². The highest BCUT2D eigenvalue weighted by atomic mass is 79.9. The van der Waals surface area contributed by atoms with Crippen molar-refractivity contribution in [3.8, 4) is 0 Å². The number of aryl methyl sites for hydroxylation is 1. The Kier molecular flexibility index (Phi) is 6.19. The van der Waals surface area contributed by atoms with Crippen molar-refractivity contribution in [3.05, 3.63) is 26.6 Å². The number of halogens is 2. The monoisotopic (exact) mass is 431 g/mol. The summed E-state index contributed by atoms with van der Waals surface area (Å²) in [5, 5.41) is 0. The van der Waals surface area contributed by atoms with Gasteiger partial charge < -0.3 is 0 Å². The van der Waals surface area contributed by atoms with Crippen LogP contribution in [0.4, 0.5) is 0 Å². The van der Waals surface area contributed by atoms with Crippen molar-refractivity contribution < 1.29 is 12.6 Å². The summed E-state index contributed by atoms with van der Waals surface area (Å²) in [6.45, 7) is 3.57. The van der Waals surface area contributed by atoms with Gasteiger partial charge in [0.1, 0.15) is 0 Å². The van der Waals surface area contributed by atoms with E-state index in [1.54, 1.807) is 25.3 Å². The van der Waals surface area contributed by atoms with Crippen LogP contribution in [0.2, 0.25) is 0 Å². The Bertz CT molecular complexity index is 602. The van der Waals surface area contributed by atoms with Gasteiger partial charge in [-0.3, -0.25) is 4.21 Å². The predicted octanol–water partition coefficient (Wildman–Crippen LogP) is 2.57. The third-order valence-electron chi connectivity index (χ3n) is 2.34. The molecule has 108 valence electrons. The maximum atomic E-state index is 12.2. The van der Waals surface area contributed by atoms with Gasteiger partial charge >= 0.3 is 0 Å². The molecule has 0 bridgehead atoms. The number of hydrogen-bond acceptors (Lipinski definition) is 3. The highest BCUT2D eigenvalue weighted by Crippen LogP contribution is 2.28. The SMILES string of the molecule is Cc1cc(Br)c(S(=O)(=O)NC(C)CS(C)=O)cc1Br. The standard InChI is InChI=1S/C11H15Br2NO3S2/c1-7-4-10(13)11(5-9(7)12)19(16,17)14-8(2)6-18(3)15/h4-5,8,14H,6H2,1-3H3. The zero-order valence-corrected chi connectivity index (χ0v) is 15.5. The van der Waals surface area contributed by atoms with Crippen LogP contribution in [-0.2, 0) is 20.8 Å². The van der Waals surface area contributed by atoms with Gasteiger partial charge in [-0.25, -0.2) is 13.1 Å². The lowest BCUT2D eigenvalue weighted by Gasteiger charge is -2.14. The van der Waals surface area contributed by atoms with Crippen LogP contribution in [0.25, 0.3) is 0 Å². The molecule has 0 saturated heterocycles. The number of rotatable bonds is 5. The van der Waals surface area contributed by atoms with Crippen LogP contribution in [0.15, 0.2) is 26.0 Å².